The standard InChI is InChI=1S/C14H27NO2/c1-13(2,3)14(4,5)15(6)12(16)10-11-8-7-9-17-11/h11H,7-10H2,1-6H3. The van der Waals surface area contributed by atoms with Crippen LogP contribution >= 0.6 is 0 Å². The van der Waals surface area contributed by atoms with E-state index in [9.17, 15) is 4.79 Å². The molecule has 100 valence electrons. The normalized spacial score (nSPS) is 21.6. The summed E-state index contributed by atoms with van der Waals surface area (Å²) in [5.74, 6) is 0.192. The van der Waals surface area contributed by atoms with Crippen LogP contribution in [0.5, 0.6) is 0 Å². The predicted molar refractivity (Wildman–Crippen MR) is 69.9 cm³/mol. The van der Waals surface area contributed by atoms with Gasteiger partial charge < -0.3 is 9.64 Å². The first-order valence-corrected chi connectivity index (χ1v) is 6.54. The molecular weight excluding hydrogens is 214 g/mol. The predicted octanol–water partition coefficient (Wildman–Crippen LogP) is 2.84. The van der Waals surface area contributed by atoms with Crippen LogP contribution in [-0.4, -0.2) is 36.1 Å². The summed E-state index contributed by atoms with van der Waals surface area (Å²) in [5, 5.41) is 0. The number of carbonyl (C=O) groups is 1. The fraction of sp³-hybridized carbons (Fsp3) is 0.929. The van der Waals surface area contributed by atoms with Crippen LogP contribution in [0.15, 0.2) is 0 Å². The molecule has 1 atom stereocenters. The number of hydrogen-bond donors (Lipinski definition) is 0. The van der Waals surface area contributed by atoms with Crippen molar-refractivity contribution in [2.75, 3.05) is 13.7 Å². The summed E-state index contributed by atoms with van der Waals surface area (Å²) < 4.78 is 5.52. The Kier molecular flexibility index (Phi) is 4.23. The second-order valence-corrected chi connectivity index (χ2v) is 6.60. The smallest absolute Gasteiger partial charge is 0.225 e. The van der Waals surface area contributed by atoms with Gasteiger partial charge in [-0.05, 0) is 32.1 Å². The Balaban J connectivity index is 2.62. The van der Waals surface area contributed by atoms with Gasteiger partial charge in [0.2, 0.25) is 5.91 Å². The first kappa shape index (κ1) is 14.5. The van der Waals surface area contributed by atoms with Gasteiger partial charge >= 0.3 is 0 Å². The molecule has 1 aliphatic heterocycles. The molecular formula is C14H27NO2. The molecule has 1 saturated heterocycles. The van der Waals surface area contributed by atoms with Crippen LogP contribution in [0.3, 0.4) is 0 Å². The Morgan fingerprint density at radius 1 is 1.29 bits per heavy atom. The molecule has 3 nitrogen and oxygen atoms in total. The van der Waals surface area contributed by atoms with Gasteiger partial charge in [0.15, 0.2) is 0 Å². The Morgan fingerprint density at radius 2 is 1.88 bits per heavy atom. The van der Waals surface area contributed by atoms with Crippen LogP contribution in [0.1, 0.15) is 53.9 Å². The van der Waals surface area contributed by atoms with Crippen molar-refractivity contribution >= 4 is 5.91 Å². The highest BCUT2D eigenvalue weighted by molar-refractivity contribution is 5.77. The zero-order chi connectivity index (χ0) is 13.3. The number of amides is 1. The average molecular weight is 241 g/mol. The summed E-state index contributed by atoms with van der Waals surface area (Å²) in [6.07, 6.45) is 2.77. The van der Waals surface area contributed by atoms with Crippen molar-refractivity contribution in [2.45, 2.75) is 65.5 Å². The first-order valence-electron chi connectivity index (χ1n) is 6.54. The maximum atomic E-state index is 12.2. The molecule has 1 fully saturated rings. The minimum atomic E-state index is -0.150. The third-order valence-electron chi connectivity index (χ3n) is 4.47. The van der Waals surface area contributed by atoms with E-state index in [4.69, 9.17) is 4.74 Å². The number of nitrogens with zero attached hydrogens (tertiary/aromatic N) is 1. The van der Waals surface area contributed by atoms with Crippen molar-refractivity contribution in [3.63, 3.8) is 0 Å². The summed E-state index contributed by atoms with van der Waals surface area (Å²) in [5.41, 5.74) is -0.0867. The topological polar surface area (TPSA) is 29.5 Å². The van der Waals surface area contributed by atoms with Crippen LogP contribution in [0.25, 0.3) is 0 Å². The van der Waals surface area contributed by atoms with Crippen molar-refractivity contribution < 1.29 is 9.53 Å². The molecule has 0 aromatic heterocycles. The van der Waals surface area contributed by atoms with Crippen molar-refractivity contribution in [2.24, 2.45) is 5.41 Å². The van der Waals surface area contributed by atoms with Crippen molar-refractivity contribution in [3.05, 3.63) is 0 Å². The molecule has 1 heterocycles. The fourth-order valence-electron chi connectivity index (χ4n) is 1.95. The summed E-state index contributed by atoms with van der Waals surface area (Å²) in [6.45, 7) is 11.6. The zero-order valence-corrected chi connectivity index (χ0v) is 12.2. The monoisotopic (exact) mass is 241 g/mol. The molecule has 1 aliphatic rings. The highest BCUT2D eigenvalue weighted by Gasteiger charge is 2.39. The Morgan fingerprint density at radius 3 is 2.29 bits per heavy atom. The minimum Gasteiger partial charge on any atom is -0.378 e. The van der Waals surface area contributed by atoms with Gasteiger partial charge in [-0.15, -0.1) is 0 Å². The van der Waals surface area contributed by atoms with E-state index in [1.54, 1.807) is 0 Å². The molecule has 0 N–H and O–H groups in total. The lowest BCUT2D eigenvalue weighted by Gasteiger charge is -2.46. The van der Waals surface area contributed by atoms with Gasteiger partial charge in [0, 0.05) is 19.2 Å². The van der Waals surface area contributed by atoms with Gasteiger partial charge in [0.25, 0.3) is 0 Å². The molecule has 3 heteroatoms. The van der Waals surface area contributed by atoms with Crippen molar-refractivity contribution in [1.82, 2.24) is 4.90 Å². The van der Waals surface area contributed by atoms with Crippen LogP contribution < -0.4 is 0 Å². The molecule has 0 spiro atoms. The lowest BCUT2D eigenvalue weighted by molar-refractivity contribution is -0.140. The Labute approximate surface area is 106 Å². The van der Waals surface area contributed by atoms with Gasteiger partial charge in [-0.3, -0.25) is 4.79 Å². The van der Waals surface area contributed by atoms with E-state index in [-0.39, 0.29) is 23.0 Å². The van der Waals surface area contributed by atoms with E-state index >= 15 is 0 Å². The molecule has 0 aromatic carbocycles. The second kappa shape index (κ2) is 4.97. The third-order valence-corrected chi connectivity index (χ3v) is 4.47. The molecule has 17 heavy (non-hydrogen) atoms. The van der Waals surface area contributed by atoms with Crippen LogP contribution in [0, 0.1) is 5.41 Å². The van der Waals surface area contributed by atoms with E-state index in [0.29, 0.717) is 6.42 Å². The molecule has 1 rings (SSSR count). The number of hydrogen-bond acceptors (Lipinski definition) is 2. The number of ether oxygens (including phenoxy) is 1. The summed E-state index contributed by atoms with van der Waals surface area (Å²) in [4.78, 5) is 14.1. The largest absolute Gasteiger partial charge is 0.378 e. The van der Waals surface area contributed by atoms with Gasteiger partial charge in [-0.1, -0.05) is 20.8 Å². The first-order chi connectivity index (χ1) is 7.66. The summed E-state index contributed by atoms with van der Waals surface area (Å²) in [7, 11) is 1.91. The van der Waals surface area contributed by atoms with Crippen LogP contribution in [-0.2, 0) is 9.53 Å². The third kappa shape index (κ3) is 3.21. The van der Waals surface area contributed by atoms with E-state index < -0.39 is 0 Å². The second-order valence-electron chi connectivity index (χ2n) is 6.60. The SMILES string of the molecule is CN(C(=O)CC1CCCO1)C(C)(C)C(C)(C)C. The van der Waals surface area contributed by atoms with Crippen LogP contribution in [0.2, 0.25) is 0 Å². The van der Waals surface area contributed by atoms with Crippen LogP contribution in [0.4, 0.5) is 0 Å². The molecule has 0 radical (unpaired) electrons. The van der Waals surface area contributed by atoms with E-state index in [0.717, 1.165) is 19.4 Å². The number of rotatable bonds is 3. The Hall–Kier alpha value is -0.570. The zero-order valence-electron chi connectivity index (χ0n) is 12.2. The van der Waals surface area contributed by atoms with E-state index in [1.807, 2.05) is 11.9 Å². The van der Waals surface area contributed by atoms with E-state index in [1.165, 1.54) is 0 Å². The molecule has 0 aromatic rings. The number of carbonyl (C=O) groups excluding carboxylic acids is 1. The van der Waals surface area contributed by atoms with Gasteiger partial charge in [-0.2, -0.15) is 0 Å². The van der Waals surface area contributed by atoms with Gasteiger partial charge in [-0.25, -0.2) is 0 Å². The molecule has 1 amide bonds. The maximum Gasteiger partial charge on any atom is 0.225 e. The quantitative estimate of drug-likeness (QED) is 0.760. The molecule has 0 aliphatic carbocycles. The lowest BCUT2D eigenvalue weighted by Crippen LogP contribution is -2.53. The average Bonchev–Trinajstić information content (AvgIpc) is 2.67. The minimum absolute atomic E-state index is 0.0634. The van der Waals surface area contributed by atoms with Gasteiger partial charge in [0.1, 0.15) is 0 Å². The van der Waals surface area contributed by atoms with Crippen molar-refractivity contribution in [3.8, 4) is 0 Å². The highest BCUT2D eigenvalue weighted by atomic mass is 16.5. The molecule has 0 bridgehead atoms. The summed E-state index contributed by atoms with van der Waals surface area (Å²) >= 11 is 0. The lowest BCUT2D eigenvalue weighted by atomic mass is 9.75. The molecule has 1 unspecified atom stereocenters. The highest BCUT2D eigenvalue weighted by Crippen LogP contribution is 2.34. The van der Waals surface area contributed by atoms with Crippen molar-refractivity contribution in [1.29, 1.82) is 0 Å². The maximum absolute atomic E-state index is 12.2. The Bertz CT molecular complexity index is 272. The fourth-order valence-corrected chi connectivity index (χ4v) is 1.95. The summed E-state index contributed by atoms with van der Waals surface area (Å²) in [6, 6.07) is 0. The molecule has 0 saturated carbocycles. The van der Waals surface area contributed by atoms with E-state index in [2.05, 4.69) is 34.6 Å². The van der Waals surface area contributed by atoms with Gasteiger partial charge in [0.05, 0.1) is 12.5 Å².